The van der Waals surface area contributed by atoms with Crippen LogP contribution in [0.5, 0.6) is 0 Å². The molecule has 0 saturated carbocycles. The maximum Gasteiger partial charge on any atom is 0.352 e. The van der Waals surface area contributed by atoms with Crippen molar-refractivity contribution >= 4 is 17.0 Å². The molecule has 0 radical (unpaired) electrons. The Bertz CT molecular complexity index is 685. The first-order chi connectivity index (χ1) is 8.24. The molecule has 6 heteroatoms. The third kappa shape index (κ3) is 1.55. The van der Waals surface area contributed by atoms with Gasteiger partial charge in [-0.05, 0) is 18.2 Å². The number of pyridine rings is 1. The molecule has 3 heterocycles. The van der Waals surface area contributed by atoms with E-state index in [9.17, 15) is 4.79 Å². The lowest BCUT2D eigenvalue weighted by molar-refractivity contribution is 0.0691. The molecule has 0 bridgehead atoms. The molecule has 6 nitrogen and oxygen atoms in total. The molecule has 0 aliphatic heterocycles. The standard InChI is InChI=1S/C11H8N4O2/c16-11(17)9-3-6-1-2-8(14-10(6)15-9)7-4-12-13-5-7/h1-5H,(H,12,13)(H,14,15)(H,16,17). The normalized spacial score (nSPS) is 10.8. The van der Waals surface area contributed by atoms with Crippen LogP contribution in [0, 0.1) is 0 Å². The Balaban J connectivity index is 2.16. The summed E-state index contributed by atoms with van der Waals surface area (Å²) in [4.78, 5) is 17.9. The fraction of sp³-hybridized carbons (Fsp3) is 0. The Hall–Kier alpha value is -2.63. The van der Waals surface area contributed by atoms with Crippen LogP contribution in [-0.4, -0.2) is 31.2 Å². The van der Waals surface area contributed by atoms with Crippen molar-refractivity contribution in [3.63, 3.8) is 0 Å². The number of H-pyrrole nitrogens is 2. The highest BCUT2D eigenvalue weighted by molar-refractivity contribution is 5.93. The second kappa shape index (κ2) is 3.44. The van der Waals surface area contributed by atoms with Crippen LogP contribution in [0.4, 0.5) is 0 Å². The summed E-state index contributed by atoms with van der Waals surface area (Å²) < 4.78 is 0. The van der Waals surface area contributed by atoms with Crippen molar-refractivity contribution in [2.75, 3.05) is 0 Å². The lowest BCUT2D eigenvalue weighted by atomic mass is 10.2. The van der Waals surface area contributed by atoms with Gasteiger partial charge in [0.15, 0.2) is 0 Å². The van der Waals surface area contributed by atoms with Gasteiger partial charge in [0, 0.05) is 17.1 Å². The summed E-state index contributed by atoms with van der Waals surface area (Å²) in [5.41, 5.74) is 2.29. The molecule has 0 fully saturated rings. The summed E-state index contributed by atoms with van der Waals surface area (Å²) in [7, 11) is 0. The zero-order valence-electron chi connectivity index (χ0n) is 8.64. The molecule has 3 aromatic heterocycles. The van der Waals surface area contributed by atoms with Gasteiger partial charge < -0.3 is 10.1 Å². The molecule has 3 N–H and O–H groups in total. The first kappa shape index (κ1) is 9.59. The van der Waals surface area contributed by atoms with E-state index in [1.165, 1.54) is 0 Å². The van der Waals surface area contributed by atoms with Crippen molar-refractivity contribution in [1.29, 1.82) is 0 Å². The van der Waals surface area contributed by atoms with Gasteiger partial charge in [0.1, 0.15) is 11.3 Å². The van der Waals surface area contributed by atoms with Gasteiger partial charge in [-0.15, -0.1) is 0 Å². The van der Waals surface area contributed by atoms with Gasteiger partial charge in [-0.1, -0.05) is 0 Å². The maximum absolute atomic E-state index is 10.8. The molecule has 0 aromatic carbocycles. The molecule has 3 aromatic rings. The lowest BCUT2D eigenvalue weighted by Gasteiger charge is -1.95. The Morgan fingerprint density at radius 2 is 2.24 bits per heavy atom. The van der Waals surface area contributed by atoms with Gasteiger partial charge >= 0.3 is 5.97 Å². The smallest absolute Gasteiger partial charge is 0.352 e. The molecule has 0 spiro atoms. The van der Waals surface area contributed by atoms with E-state index in [0.717, 1.165) is 16.6 Å². The van der Waals surface area contributed by atoms with Crippen LogP contribution >= 0.6 is 0 Å². The quantitative estimate of drug-likeness (QED) is 0.621. The minimum absolute atomic E-state index is 0.136. The Kier molecular flexibility index (Phi) is 1.94. The van der Waals surface area contributed by atoms with Gasteiger partial charge in [0.2, 0.25) is 0 Å². The van der Waals surface area contributed by atoms with Crippen LogP contribution in [0.2, 0.25) is 0 Å². The van der Waals surface area contributed by atoms with Crippen LogP contribution < -0.4 is 0 Å². The summed E-state index contributed by atoms with van der Waals surface area (Å²) in [6.07, 6.45) is 3.39. The molecule has 0 saturated heterocycles. The number of aromatic amines is 2. The SMILES string of the molecule is O=C(O)c1cc2ccc(-c3cn[nH]c3)nc2[nH]1. The molecular formula is C11H8N4O2. The number of nitrogens with zero attached hydrogens (tertiary/aromatic N) is 2. The van der Waals surface area contributed by atoms with Crippen molar-refractivity contribution in [2.45, 2.75) is 0 Å². The van der Waals surface area contributed by atoms with Crippen molar-refractivity contribution in [1.82, 2.24) is 20.2 Å². The third-order valence-electron chi connectivity index (χ3n) is 2.50. The van der Waals surface area contributed by atoms with Gasteiger partial charge in [-0.3, -0.25) is 5.10 Å². The highest BCUT2D eigenvalue weighted by Crippen LogP contribution is 2.20. The van der Waals surface area contributed by atoms with E-state index in [2.05, 4.69) is 20.2 Å². The van der Waals surface area contributed by atoms with Crippen molar-refractivity contribution in [2.24, 2.45) is 0 Å². The number of carboxylic acid groups (broad SMARTS) is 1. The lowest BCUT2D eigenvalue weighted by Crippen LogP contribution is -1.95. The molecule has 0 unspecified atom stereocenters. The average molecular weight is 228 g/mol. The van der Waals surface area contributed by atoms with Crippen LogP contribution in [0.25, 0.3) is 22.3 Å². The fourth-order valence-corrected chi connectivity index (χ4v) is 1.67. The number of fused-ring (bicyclic) bond motifs is 1. The number of carbonyl (C=O) groups is 1. The highest BCUT2D eigenvalue weighted by Gasteiger charge is 2.09. The number of aromatic nitrogens is 4. The topological polar surface area (TPSA) is 94.7 Å². The predicted molar refractivity (Wildman–Crippen MR) is 60.6 cm³/mol. The van der Waals surface area contributed by atoms with Gasteiger partial charge in [0.05, 0.1) is 11.9 Å². The second-order valence-electron chi connectivity index (χ2n) is 3.61. The number of hydrogen-bond acceptors (Lipinski definition) is 3. The highest BCUT2D eigenvalue weighted by atomic mass is 16.4. The maximum atomic E-state index is 10.8. The number of nitrogens with one attached hydrogen (secondary N) is 2. The molecule has 0 atom stereocenters. The van der Waals surface area contributed by atoms with E-state index in [4.69, 9.17) is 5.11 Å². The summed E-state index contributed by atoms with van der Waals surface area (Å²) in [6.45, 7) is 0. The molecule has 0 aliphatic rings. The van der Waals surface area contributed by atoms with Gasteiger partial charge in [-0.25, -0.2) is 9.78 Å². The molecule has 84 valence electrons. The largest absolute Gasteiger partial charge is 0.477 e. The minimum atomic E-state index is -0.993. The van der Waals surface area contributed by atoms with E-state index in [1.54, 1.807) is 18.5 Å². The first-order valence-electron chi connectivity index (χ1n) is 4.96. The van der Waals surface area contributed by atoms with E-state index in [0.29, 0.717) is 5.65 Å². The predicted octanol–water partition coefficient (Wildman–Crippen LogP) is 1.65. The monoisotopic (exact) mass is 228 g/mol. The van der Waals surface area contributed by atoms with E-state index in [-0.39, 0.29) is 5.69 Å². The Morgan fingerprint density at radius 3 is 2.94 bits per heavy atom. The van der Waals surface area contributed by atoms with E-state index >= 15 is 0 Å². The second-order valence-corrected chi connectivity index (χ2v) is 3.61. The van der Waals surface area contributed by atoms with Crippen LogP contribution in [0.1, 0.15) is 10.5 Å². The van der Waals surface area contributed by atoms with Crippen LogP contribution in [0.3, 0.4) is 0 Å². The Morgan fingerprint density at radius 1 is 1.35 bits per heavy atom. The summed E-state index contributed by atoms with van der Waals surface area (Å²) >= 11 is 0. The summed E-state index contributed by atoms with van der Waals surface area (Å²) in [5.74, 6) is -0.993. The average Bonchev–Trinajstić information content (AvgIpc) is 2.97. The van der Waals surface area contributed by atoms with Crippen LogP contribution in [-0.2, 0) is 0 Å². The fourth-order valence-electron chi connectivity index (χ4n) is 1.67. The van der Waals surface area contributed by atoms with Gasteiger partial charge in [-0.2, -0.15) is 5.10 Å². The summed E-state index contributed by atoms with van der Waals surface area (Å²) in [5, 5.41) is 16.2. The van der Waals surface area contributed by atoms with Crippen LogP contribution in [0.15, 0.2) is 30.6 Å². The minimum Gasteiger partial charge on any atom is -0.477 e. The molecule has 3 rings (SSSR count). The number of carboxylic acids is 1. The third-order valence-corrected chi connectivity index (χ3v) is 2.50. The molecular weight excluding hydrogens is 220 g/mol. The number of aromatic carboxylic acids is 1. The molecule has 0 amide bonds. The van der Waals surface area contributed by atoms with Crippen molar-refractivity contribution < 1.29 is 9.90 Å². The van der Waals surface area contributed by atoms with Gasteiger partial charge in [0.25, 0.3) is 0 Å². The summed E-state index contributed by atoms with van der Waals surface area (Å²) in [6, 6.07) is 5.21. The zero-order chi connectivity index (χ0) is 11.8. The van der Waals surface area contributed by atoms with E-state index in [1.807, 2.05) is 12.1 Å². The number of rotatable bonds is 2. The molecule has 0 aliphatic carbocycles. The van der Waals surface area contributed by atoms with E-state index < -0.39 is 5.97 Å². The molecule has 17 heavy (non-hydrogen) atoms. The Labute approximate surface area is 95.3 Å². The van der Waals surface area contributed by atoms with Crippen molar-refractivity contribution in [3.8, 4) is 11.3 Å². The number of hydrogen-bond donors (Lipinski definition) is 3. The first-order valence-corrected chi connectivity index (χ1v) is 4.96. The zero-order valence-corrected chi connectivity index (χ0v) is 8.64. The van der Waals surface area contributed by atoms with Crippen molar-refractivity contribution in [3.05, 3.63) is 36.3 Å².